The first-order valence-corrected chi connectivity index (χ1v) is 6.90. The molecule has 0 aliphatic rings. The van der Waals surface area contributed by atoms with Crippen LogP contribution < -0.4 is 5.32 Å². The lowest BCUT2D eigenvalue weighted by Gasteiger charge is -2.12. The van der Waals surface area contributed by atoms with Gasteiger partial charge in [-0.15, -0.1) is 0 Å². The summed E-state index contributed by atoms with van der Waals surface area (Å²) in [5.74, 6) is 1.49. The molecule has 0 radical (unpaired) electrons. The van der Waals surface area contributed by atoms with E-state index in [1.165, 1.54) is 0 Å². The first-order chi connectivity index (χ1) is 8.97. The lowest BCUT2D eigenvalue weighted by molar-refractivity contribution is 0.0934. The third-order valence-corrected chi connectivity index (χ3v) is 3.59. The van der Waals surface area contributed by atoms with E-state index in [9.17, 15) is 4.79 Å². The summed E-state index contributed by atoms with van der Waals surface area (Å²) in [5.41, 5.74) is 1.69. The topological polar surface area (TPSA) is 42.2 Å². The molecule has 0 fully saturated rings. The highest BCUT2D eigenvalue weighted by molar-refractivity contribution is 9.10. The van der Waals surface area contributed by atoms with Crippen LogP contribution in [0.5, 0.6) is 0 Å². The maximum atomic E-state index is 12.2. The van der Waals surface area contributed by atoms with E-state index in [-0.39, 0.29) is 11.9 Å². The van der Waals surface area contributed by atoms with Gasteiger partial charge in [-0.1, -0.05) is 11.6 Å². The molecule has 0 aliphatic heterocycles. The number of furan rings is 1. The molecular formula is C15H16BrNO2. The third kappa shape index (κ3) is 3.26. The molecule has 1 N–H and O–H groups in total. The number of benzene rings is 1. The number of halogens is 1. The van der Waals surface area contributed by atoms with Crippen LogP contribution in [0.25, 0.3) is 0 Å². The zero-order valence-electron chi connectivity index (χ0n) is 11.2. The van der Waals surface area contributed by atoms with Crippen LogP contribution in [0.15, 0.2) is 39.2 Å². The molecule has 3 nitrogen and oxygen atoms in total. The molecule has 1 amide bonds. The summed E-state index contributed by atoms with van der Waals surface area (Å²) >= 11 is 3.40. The van der Waals surface area contributed by atoms with Crippen molar-refractivity contribution in [3.8, 4) is 0 Å². The van der Waals surface area contributed by atoms with Gasteiger partial charge in [0.25, 0.3) is 5.91 Å². The SMILES string of the molecule is Cc1ccc(Br)c(C(=O)NC(C)c2ccc(C)o2)c1. The fraction of sp³-hybridized carbons (Fsp3) is 0.267. The molecule has 100 valence electrons. The van der Waals surface area contributed by atoms with Gasteiger partial charge < -0.3 is 9.73 Å². The van der Waals surface area contributed by atoms with Gasteiger partial charge in [0, 0.05) is 4.47 Å². The van der Waals surface area contributed by atoms with Crippen LogP contribution in [0.4, 0.5) is 0 Å². The summed E-state index contributed by atoms with van der Waals surface area (Å²) in [7, 11) is 0. The van der Waals surface area contributed by atoms with Crippen molar-refractivity contribution >= 4 is 21.8 Å². The zero-order valence-corrected chi connectivity index (χ0v) is 12.7. The quantitative estimate of drug-likeness (QED) is 0.922. The molecular weight excluding hydrogens is 306 g/mol. The normalized spacial score (nSPS) is 12.2. The van der Waals surface area contributed by atoms with Crippen molar-refractivity contribution in [3.63, 3.8) is 0 Å². The van der Waals surface area contributed by atoms with Gasteiger partial charge in [0.05, 0.1) is 11.6 Å². The van der Waals surface area contributed by atoms with Crippen LogP contribution in [0.1, 0.15) is 40.4 Å². The van der Waals surface area contributed by atoms with Crippen LogP contribution >= 0.6 is 15.9 Å². The smallest absolute Gasteiger partial charge is 0.253 e. The maximum absolute atomic E-state index is 12.2. The lowest BCUT2D eigenvalue weighted by atomic mass is 10.1. The minimum atomic E-state index is -0.159. The Morgan fingerprint density at radius 1 is 1.26 bits per heavy atom. The Kier molecular flexibility index (Phi) is 4.10. The van der Waals surface area contributed by atoms with E-state index < -0.39 is 0 Å². The van der Waals surface area contributed by atoms with Crippen LogP contribution in [-0.2, 0) is 0 Å². The van der Waals surface area contributed by atoms with Gasteiger partial charge in [-0.05, 0) is 61.0 Å². The molecule has 1 unspecified atom stereocenters. The van der Waals surface area contributed by atoms with Gasteiger partial charge in [0.1, 0.15) is 11.5 Å². The molecule has 1 aromatic carbocycles. The molecule has 0 bridgehead atoms. The molecule has 0 aliphatic carbocycles. The molecule has 4 heteroatoms. The number of aryl methyl sites for hydroxylation is 2. The monoisotopic (exact) mass is 321 g/mol. The van der Waals surface area contributed by atoms with Crippen molar-refractivity contribution in [3.05, 3.63) is 57.5 Å². The molecule has 2 aromatic rings. The number of rotatable bonds is 3. The molecule has 2 rings (SSSR count). The van der Waals surface area contributed by atoms with Crippen molar-refractivity contribution in [2.24, 2.45) is 0 Å². The molecule has 19 heavy (non-hydrogen) atoms. The average Bonchev–Trinajstić information content (AvgIpc) is 2.79. The third-order valence-electron chi connectivity index (χ3n) is 2.90. The Balaban J connectivity index is 2.15. The Morgan fingerprint density at radius 3 is 2.63 bits per heavy atom. The van der Waals surface area contributed by atoms with E-state index in [1.807, 2.05) is 51.1 Å². The second kappa shape index (κ2) is 5.61. The van der Waals surface area contributed by atoms with Gasteiger partial charge >= 0.3 is 0 Å². The van der Waals surface area contributed by atoms with Gasteiger partial charge in [-0.2, -0.15) is 0 Å². The molecule has 1 heterocycles. The predicted molar refractivity (Wildman–Crippen MR) is 78.2 cm³/mol. The van der Waals surface area contributed by atoms with Gasteiger partial charge in [0.2, 0.25) is 0 Å². The maximum Gasteiger partial charge on any atom is 0.253 e. The predicted octanol–water partition coefficient (Wildman–Crippen LogP) is 4.15. The van der Waals surface area contributed by atoms with Gasteiger partial charge in [-0.3, -0.25) is 4.79 Å². The van der Waals surface area contributed by atoms with E-state index in [4.69, 9.17) is 4.42 Å². The van der Waals surface area contributed by atoms with E-state index in [2.05, 4.69) is 21.2 Å². The lowest BCUT2D eigenvalue weighted by Crippen LogP contribution is -2.26. The van der Waals surface area contributed by atoms with Crippen molar-refractivity contribution in [2.45, 2.75) is 26.8 Å². The number of carbonyl (C=O) groups is 1. The molecule has 1 aromatic heterocycles. The Morgan fingerprint density at radius 2 is 2.00 bits per heavy atom. The first-order valence-electron chi connectivity index (χ1n) is 6.10. The molecule has 0 saturated heterocycles. The highest BCUT2D eigenvalue weighted by Crippen LogP contribution is 2.20. The highest BCUT2D eigenvalue weighted by atomic mass is 79.9. The molecule has 0 saturated carbocycles. The summed E-state index contributed by atoms with van der Waals surface area (Å²) in [4.78, 5) is 12.2. The number of carbonyl (C=O) groups excluding carboxylic acids is 1. The first kappa shape index (κ1) is 13.9. The second-order valence-electron chi connectivity index (χ2n) is 4.63. The minimum Gasteiger partial charge on any atom is -0.464 e. The van der Waals surface area contributed by atoms with Crippen molar-refractivity contribution < 1.29 is 9.21 Å². The summed E-state index contributed by atoms with van der Waals surface area (Å²) in [6, 6.07) is 9.31. The standard InChI is InChI=1S/C15H16BrNO2/c1-9-4-6-13(16)12(8-9)15(18)17-11(3)14-7-5-10(2)19-14/h4-8,11H,1-3H3,(H,17,18). The summed E-state index contributed by atoms with van der Waals surface area (Å²) in [6.45, 7) is 5.75. The fourth-order valence-electron chi connectivity index (χ4n) is 1.84. The second-order valence-corrected chi connectivity index (χ2v) is 5.48. The largest absolute Gasteiger partial charge is 0.464 e. The molecule has 1 atom stereocenters. The zero-order chi connectivity index (χ0) is 14.0. The minimum absolute atomic E-state index is 0.114. The van der Waals surface area contributed by atoms with E-state index in [0.717, 1.165) is 21.6 Å². The average molecular weight is 322 g/mol. The summed E-state index contributed by atoms with van der Waals surface area (Å²) in [6.07, 6.45) is 0. The number of nitrogens with one attached hydrogen (secondary N) is 1. The van der Waals surface area contributed by atoms with Gasteiger partial charge in [-0.25, -0.2) is 0 Å². The summed E-state index contributed by atoms with van der Waals surface area (Å²) in [5, 5.41) is 2.93. The van der Waals surface area contributed by atoms with Gasteiger partial charge in [0.15, 0.2) is 0 Å². The van der Waals surface area contributed by atoms with E-state index >= 15 is 0 Å². The van der Waals surface area contributed by atoms with Crippen LogP contribution in [-0.4, -0.2) is 5.91 Å². The van der Waals surface area contributed by atoms with Crippen LogP contribution in [0.2, 0.25) is 0 Å². The Hall–Kier alpha value is -1.55. The van der Waals surface area contributed by atoms with Crippen molar-refractivity contribution in [1.82, 2.24) is 5.32 Å². The Bertz CT molecular complexity index is 604. The number of amides is 1. The van der Waals surface area contributed by atoms with Crippen LogP contribution in [0, 0.1) is 13.8 Å². The van der Waals surface area contributed by atoms with E-state index in [1.54, 1.807) is 0 Å². The number of hydrogen-bond donors (Lipinski definition) is 1. The summed E-state index contributed by atoms with van der Waals surface area (Å²) < 4.78 is 6.30. The van der Waals surface area contributed by atoms with E-state index in [0.29, 0.717) is 5.56 Å². The van der Waals surface area contributed by atoms with Crippen molar-refractivity contribution in [1.29, 1.82) is 0 Å². The highest BCUT2D eigenvalue weighted by Gasteiger charge is 2.16. The number of hydrogen-bond acceptors (Lipinski definition) is 2. The van der Waals surface area contributed by atoms with Crippen molar-refractivity contribution in [2.75, 3.05) is 0 Å². The van der Waals surface area contributed by atoms with Crippen LogP contribution in [0.3, 0.4) is 0 Å². The fourth-order valence-corrected chi connectivity index (χ4v) is 2.27. The Labute approximate surface area is 121 Å². The molecule has 0 spiro atoms.